The fourth-order valence-electron chi connectivity index (χ4n) is 9.98. The van der Waals surface area contributed by atoms with Gasteiger partial charge in [-0.15, -0.1) is 23.5 Å². The van der Waals surface area contributed by atoms with Crippen LogP contribution in [-0.4, -0.2) is 64.0 Å². The van der Waals surface area contributed by atoms with Crippen molar-refractivity contribution < 1.29 is 19.8 Å². The van der Waals surface area contributed by atoms with Gasteiger partial charge in [-0.1, -0.05) is 0 Å². The fraction of sp³-hybridized carbons (Fsp3) is 0.278. The molecule has 1 saturated heterocycles. The molecule has 10 nitrogen and oxygen atoms in total. The molecule has 0 amide bonds. The van der Waals surface area contributed by atoms with E-state index in [-0.39, 0.29) is 33.7 Å². The molecule has 5 atom stereocenters. The third-order valence-corrected chi connectivity index (χ3v) is 15.4. The Balaban J connectivity index is 1.14. The number of anilines is 2. The van der Waals surface area contributed by atoms with Crippen molar-refractivity contribution in [1.82, 2.24) is 4.58 Å². The number of ketones is 2. The van der Waals surface area contributed by atoms with Crippen LogP contribution in [0, 0.1) is 0 Å². The van der Waals surface area contributed by atoms with Crippen molar-refractivity contribution in [3.05, 3.63) is 77.1 Å². The predicted molar refractivity (Wildman–Crippen MR) is 194 cm³/mol. The monoisotopic (exact) mass is 747 g/mol. The van der Waals surface area contributed by atoms with E-state index in [1.54, 1.807) is 29.6 Å². The first kappa shape index (κ1) is 27.6. The SMILES string of the molecule is O=C1C=C(S[C@H]2[C@H]3C(=O)C=C4S[C@H]5C[C@]42c2c(c(O)c4c6c2=[N+]3CCC=6C=N4)N5)[C@@]2(C=CNc3c(O)c4c5c(c32)=NCCC=5C=N4)C=C1Br. The van der Waals surface area contributed by atoms with Gasteiger partial charge in [0, 0.05) is 46.0 Å². The molecule has 0 radical (unpaired) electrons. The number of thioether (sulfide) groups is 2. The number of fused-ring (bicyclic) bond motifs is 6. The number of carbonyl (C=O) groups is 2. The lowest BCUT2D eigenvalue weighted by Crippen LogP contribution is -2.69. The molecule has 0 saturated carbocycles. The number of allylic oxidation sites excluding steroid dienone is 6. The Kier molecular flexibility index (Phi) is 4.92. The van der Waals surface area contributed by atoms with Crippen molar-refractivity contribution >= 4 is 97.3 Å². The Morgan fingerprint density at radius 3 is 2.67 bits per heavy atom. The van der Waals surface area contributed by atoms with Gasteiger partial charge < -0.3 is 20.8 Å². The van der Waals surface area contributed by atoms with Gasteiger partial charge in [-0.05, 0) is 70.4 Å². The van der Waals surface area contributed by atoms with Gasteiger partial charge in [-0.2, -0.15) is 0 Å². The van der Waals surface area contributed by atoms with Gasteiger partial charge in [0.15, 0.2) is 17.3 Å². The summed E-state index contributed by atoms with van der Waals surface area (Å²) in [6, 6.07) is -0.486. The summed E-state index contributed by atoms with van der Waals surface area (Å²) < 4.78 is 2.68. The second-order valence-electron chi connectivity index (χ2n) is 14.0. The van der Waals surface area contributed by atoms with E-state index in [2.05, 4.69) is 41.1 Å². The summed E-state index contributed by atoms with van der Waals surface area (Å²) in [6.45, 7) is 1.24. The smallest absolute Gasteiger partial charge is 0.228 e. The van der Waals surface area contributed by atoms with E-state index in [0.29, 0.717) is 40.3 Å². The van der Waals surface area contributed by atoms with E-state index in [1.807, 2.05) is 36.9 Å². The van der Waals surface area contributed by atoms with Gasteiger partial charge >= 0.3 is 0 Å². The van der Waals surface area contributed by atoms with Gasteiger partial charge in [0.25, 0.3) is 0 Å². The highest BCUT2D eigenvalue weighted by molar-refractivity contribution is 9.12. The molecule has 8 aliphatic heterocycles. The van der Waals surface area contributed by atoms with Crippen molar-refractivity contribution in [3.63, 3.8) is 0 Å². The van der Waals surface area contributed by atoms with E-state index in [4.69, 9.17) is 4.99 Å². The van der Waals surface area contributed by atoms with Gasteiger partial charge in [0.2, 0.25) is 17.2 Å². The zero-order chi connectivity index (χ0) is 32.7. The molecule has 2 aromatic carbocycles. The lowest BCUT2D eigenvalue weighted by molar-refractivity contribution is -0.118. The Morgan fingerprint density at radius 2 is 1.82 bits per heavy atom. The number of carbonyl (C=O) groups excluding carboxylic acids is 2. The average Bonchev–Trinajstić information content (AvgIpc) is 3.80. The standard InChI is InChI=1S/C36H23BrN6O4S2/c37-15-9-35(3-5-39-28-23(35)25-21-13(1-4-38-25)11-40-26(21)32(28)46)18(7-16(15)44)49-34-30-17(45)8-19-36(34)10-20(48-19)42-29-24(36)31-22-14(2-6-43(30)31)12-41-27(22)33(29)47/h3,5,7-9,11-12,20,30,34H,1-2,4,6,10H2,(H3,38,39,40,41,42,46,47)/p+1/t20-,30+,34-,35+,36+/m0/s1. The number of aliphatic imine (C=N–C) groups is 2. The van der Waals surface area contributed by atoms with Crippen LogP contribution in [-0.2, 0) is 20.4 Å². The van der Waals surface area contributed by atoms with E-state index >= 15 is 0 Å². The molecule has 2 aliphatic carbocycles. The van der Waals surface area contributed by atoms with Gasteiger partial charge in [0.1, 0.15) is 17.9 Å². The number of halogens is 1. The van der Waals surface area contributed by atoms with Crippen LogP contribution in [0.4, 0.5) is 22.7 Å². The van der Waals surface area contributed by atoms with Crippen molar-refractivity contribution in [2.45, 2.75) is 46.8 Å². The minimum atomic E-state index is -0.973. The van der Waals surface area contributed by atoms with Gasteiger partial charge in [-0.25, -0.2) is 4.58 Å². The van der Waals surface area contributed by atoms with Crippen LogP contribution in [0.3, 0.4) is 0 Å². The van der Waals surface area contributed by atoms with Gasteiger partial charge in [-0.3, -0.25) is 24.6 Å². The highest BCUT2D eigenvalue weighted by Crippen LogP contribution is 2.66. The van der Waals surface area contributed by atoms with Crippen LogP contribution >= 0.6 is 39.5 Å². The number of benzene rings is 2. The first-order valence-corrected chi connectivity index (χ1v) is 18.9. The molecule has 12 rings (SSSR count). The Bertz CT molecular complexity index is 2660. The molecule has 49 heavy (non-hydrogen) atoms. The van der Waals surface area contributed by atoms with Crippen LogP contribution < -0.4 is 36.4 Å². The number of rotatable bonds is 2. The Hall–Kier alpha value is -4.20. The van der Waals surface area contributed by atoms with Crippen molar-refractivity contribution in [3.8, 4) is 11.5 Å². The average molecular weight is 749 g/mol. The first-order valence-electron chi connectivity index (χ1n) is 16.4. The molecule has 4 N–H and O–H groups in total. The summed E-state index contributed by atoms with van der Waals surface area (Å²) >= 11 is 6.84. The Morgan fingerprint density at radius 1 is 1.02 bits per heavy atom. The number of phenolic OH excluding ortho intramolecular Hbond substituents is 2. The maximum Gasteiger partial charge on any atom is 0.228 e. The molecular formula is C36H24BrN6O4S2+. The molecule has 10 aliphatic rings. The van der Waals surface area contributed by atoms with E-state index in [1.165, 1.54) is 0 Å². The number of hydrogen-bond acceptors (Lipinski definition) is 11. The minimum Gasteiger partial charge on any atom is -0.504 e. The summed E-state index contributed by atoms with van der Waals surface area (Å²) in [5, 5.41) is 33.6. The van der Waals surface area contributed by atoms with Crippen LogP contribution in [0.15, 0.2) is 59.8 Å². The number of nitrogens with one attached hydrogen (secondary N) is 2. The molecule has 0 aromatic heterocycles. The van der Waals surface area contributed by atoms with Crippen molar-refractivity contribution in [2.24, 2.45) is 15.0 Å². The highest BCUT2D eigenvalue weighted by atomic mass is 79.9. The van der Waals surface area contributed by atoms with Gasteiger partial charge in [0.05, 0.1) is 53.5 Å². The summed E-state index contributed by atoms with van der Waals surface area (Å²) in [5.41, 5.74) is 4.73. The third-order valence-electron chi connectivity index (χ3n) is 11.9. The van der Waals surface area contributed by atoms with E-state index in [0.717, 1.165) is 72.5 Å². The first-order chi connectivity index (χ1) is 23.8. The normalized spacial score (nSPS) is 32.1. The predicted octanol–water partition coefficient (Wildman–Crippen LogP) is 2.45. The molecule has 0 unspecified atom stereocenters. The number of aromatic hydroxyl groups is 2. The van der Waals surface area contributed by atoms with E-state index in [9.17, 15) is 19.8 Å². The second kappa shape index (κ2) is 8.74. The number of phenols is 2. The summed E-state index contributed by atoms with van der Waals surface area (Å²) in [6.07, 6.45) is 15.2. The maximum atomic E-state index is 14.4. The molecule has 240 valence electrons. The highest BCUT2D eigenvalue weighted by Gasteiger charge is 2.68. The molecule has 13 heteroatoms. The second-order valence-corrected chi connectivity index (χ2v) is 17.3. The topological polar surface area (TPSA) is 139 Å². The summed E-state index contributed by atoms with van der Waals surface area (Å²) in [5.74, 6) is 0.117. The molecule has 2 spiro atoms. The molecule has 2 aromatic rings. The number of hydrogen-bond donors (Lipinski definition) is 4. The maximum absolute atomic E-state index is 14.4. The zero-order valence-corrected chi connectivity index (χ0v) is 28.7. The van der Waals surface area contributed by atoms with Crippen molar-refractivity contribution in [1.29, 1.82) is 0 Å². The lowest BCUT2D eigenvalue weighted by Gasteiger charge is -2.49. The quantitative estimate of drug-likeness (QED) is 0.272. The van der Waals surface area contributed by atoms with Crippen molar-refractivity contribution in [2.75, 3.05) is 23.7 Å². The van der Waals surface area contributed by atoms with E-state index < -0.39 is 16.9 Å². The van der Waals surface area contributed by atoms with Crippen LogP contribution in [0.2, 0.25) is 0 Å². The Labute approximate surface area is 294 Å². The third kappa shape index (κ3) is 3.00. The largest absolute Gasteiger partial charge is 0.504 e. The minimum absolute atomic E-state index is 0.0326. The molecule has 1 fully saturated rings. The van der Waals surface area contributed by atoms with Crippen LogP contribution in [0.25, 0.3) is 11.1 Å². The summed E-state index contributed by atoms with van der Waals surface area (Å²) in [7, 11) is 0. The van der Waals surface area contributed by atoms with Crippen LogP contribution in [0.5, 0.6) is 11.5 Å². The lowest BCUT2D eigenvalue weighted by atomic mass is 9.64. The zero-order valence-electron chi connectivity index (χ0n) is 25.5. The fourth-order valence-corrected chi connectivity index (χ4v) is 13.9. The molecular weight excluding hydrogens is 724 g/mol. The van der Waals surface area contributed by atoms with Crippen LogP contribution in [0.1, 0.15) is 30.4 Å². The molecule has 3 bridgehead atoms. The number of nitrogens with zero attached hydrogens (tertiary/aromatic N) is 4. The summed E-state index contributed by atoms with van der Waals surface area (Å²) in [4.78, 5) is 44.1. The molecule has 8 heterocycles.